The van der Waals surface area contributed by atoms with Gasteiger partial charge in [-0.2, -0.15) is 0 Å². The smallest absolute Gasteiger partial charge is 0.339 e. The van der Waals surface area contributed by atoms with Crippen LogP contribution in [0.5, 0.6) is 5.75 Å². The Bertz CT molecular complexity index is 809. The summed E-state index contributed by atoms with van der Waals surface area (Å²) in [4.78, 5) is 23.9. The second kappa shape index (κ2) is 7.49. The summed E-state index contributed by atoms with van der Waals surface area (Å²) in [6, 6.07) is 3.61. The van der Waals surface area contributed by atoms with Crippen molar-refractivity contribution in [3.8, 4) is 5.75 Å². The average molecular weight is 333 g/mol. The summed E-state index contributed by atoms with van der Waals surface area (Å²) >= 11 is 0. The van der Waals surface area contributed by atoms with E-state index in [1.807, 2.05) is 13.0 Å². The predicted octanol–water partition coefficient (Wildman–Crippen LogP) is 1.98. The molecule has 2 rings (SSSR count). The van der Waals surface area contributed by atoms with Crippen LogP contribution in [-0.4, -0.2) is 30.3 Å². The molecule has 0 fully saturated rings. The number of aliphatic hydroxyl groups is 1. The predicted molar refractivity (Wildman–Crippen MR) is 91.5 cm³/mol. The Labute approximate surface area is 140 Å². The van der Waals surface area contributed by atoms with Gasteiger partial charge in [-0.25, -0.2) is 4.79 Å². The number of ether oxygens (including phenoxy) is 1. The lowest BCUT2D eigenvalue weighted by Gasteiger charge is -2.17. The molecule has 0 spiro atoms. The molecule has 6 nitrogen and oxygen atoms in total. The molecule has 0 aliphatic carbocycles. The summed E-state index contributed by atoms with van der Waals surface area (Å²) in [7, 11) is 0. The highest BCUT2D eigenvalue weighted by Gasteiger charge is 2.18. The molecule has 6 heteroatoms. The SMILES string of the molecule is Cc1c(C)c2ccc(O[C@@H](C)C(=O)NCCCO)c(C)c2oc1=O. The summed E-state index contributed by atoms with van der Waals surface area (Å²) in [6.07, 6.45) is -0.199. The lowest BCUT2D eigenvalue weighted by molar-refractivity contribution is -0.127. The lowest BCUT2D eigenvalue weighted by Crippen LogP contribution is -2.37. The number of rotatable bonds is 6. The second-order valence-corrected chi connectivity index (χ2v) is 5.83. The number of fused-ring (bicyclic) bond motifs is 1. The molecular weight excluding hydrogens is 310 g/mol. The molecule has 130 valence electrons. The summed E-state index contributed by atoms with van der Waals surface area (Å²) in [5, 5.41) is 12.3. The number of carbonyl (C=O) groups excluding carboxylic acids is 1. The molecule has 1 aromatic heterocycles. The van der Waals surface area contributed by atoms with E-state index in [1.54, 1.807) is 26.8 Å². The monoisotopic (exact) mass is 333 g/mol. The molecule has 1 amide bonds. The molecule has 24 heavy (non-hydrogen) atoms. The first kappa shape index (κ1) is 18.0. The van der Waals surface area contributed by atoms with Crippen LogP contribution in [-0.2, 0) is 4.79 Å². The van der Waals surface area contributed by atoms with Crippen LogP contribution in [0.1, 0.15) is 30.0 Å². The fourth-order valence-electron chi connectivity index (χ4n) is 2.43. The van der Waals surface area contributed by atoms with Gasteiger partial charge in [-0.3, -0.25) is 4.79 Å². The first-order chi connectivity index (χ1) is 11.4. The Morgan fingerprint density at radius 3 is 2.62 bits per heavy atom. The number of amides is 1. The van der Waals surface area contributed by atoms with E-state index in [9.17, 15) is 9.59 Å². The first-order valence-corrected chi connectivity index (χ1v) is 7.95. The molecule has 0 unspecified atom stereocenters. The van der Waals surface area contributed by atoms with Crippen LogP contribution in [0.2, 0.25) is 0 Å². The van der Waals surface area contributed by atoms with Gasteiger partial charge in [0.25, 0.3) is 5.91 Å². The molecule has 0 aliphatic rings. The zero-order chi connectivity index (χ0) is 17.9. The largest absolute Gasteiger partial charge is 0.480 e. The van der Waals surface area contributed by atoms with Crippen molar-refractivity contribution in [1.29, 1.82) is 0 Å². The molecule has 0 saturated carbocycles. The lowest BCUT2D eigenvalue weighted by atomic mass is 10.0. The minimum atomic E-state index is -0.696. The third kappa shape index (κ3) is 3.59. The van der Waals surface area contributed by atoms with E-state index in [-0.39, 0.29) is 18.1 Å². The molecule has 0 bridgehead atoms. The van der Waals surface area contributed by atoms with Gasteiger partial charge in [-0.05, 0) is 51.8 Å². The van der Waals surface area contributed by atoms with E-state index >= 15 is 0 Å². The van der Waals surface area contributed by atoms with Crippen molar-refractivity contribution >= 4 is 16.9 Å². The summed E-state index contributed by atoms with van der Waals surface area (Å²) in [5.74, 6) is 0.239. The van der Waals surface area contributed by atoms with Gasteiger partial charge in [0.1, 0.15) is 11.3 Å². The number of hydrogen-bond acceptors (Lipinski definition) is 5. The number of benzene rings is 1. The highest BCUT2D eigenvalue weighted by Crippen LogP contribution is 2.29. The van der Waals surface area contributed by atoms with Gasteiger partial charge in [0.15, 0.2) is 6.10 Å². The van der Waals surface area contributed by atoms with Crippen molar-refractivity contribution in [2.75, 3.05) is 13.2 Å². The van der Waals surface area contributed by atoms with Crippen LogP contribution in [0, 0.1) is 20.8 Å². The van der Waals surface area contributed by atoms with Crippen LogP contribution < -0.4 is 15.7 Å². The molecule has 2 aromatic rings. The summed E-state index contributed by atoms with van der Waals surface area (Å²) in [5.41, 5.74) is 2.27. The number of aryl methyl sites for hydroxylation is 2. The molecule has 1 aromatic carbocycles. The molecule has 1 atom stereocenters. The zero-order valence-electron chi connectivity index (χ0n) is 14.4. The molecule has 1 heterocycles. The third-order valence-electron chi connectivity index (χ3n) is 4.13. The maximum Gasteiger partial charge on any atom is 0.339 e. The number of aliphatic hydroxyl groups excluding tert-OH is 1. The molecular formula is C18H23NO5. The zero-order valence-corrected chi connectivity index (χ0v) is 14.4. The van der Waals surface area contributed by atoms with Crippen molar-refractivity contribution in [1.82, 2.24) is 5.32 Å². The molecule has 0 saturated heterocycles. The maximum absolute atomic E-state index is 12.0. The van der Waals surface area contributed by atoms with Crippen LogP contribution in [0.15, 0.2) is 21.3 Å². The molecule has 2 N–H and O–H groups in total. The second-order valence-electron chi connectivity index (χ2n) is 5.83. The highest BCUT2D eigenvalue weighted by atomic mass is 16.5. The Morgan fingerprint density at radius 2 is 1.96 bits per heavy atom. The van der Waals surface area contributed by atoms with Crippen molar-refractivity contribution in [2.24, 2.45) is 0 Å². The van der Waals surface area contributed by atoms with Crippen LogP contribution in [0.25, 0.3) is 11.0 Å². The van der Waals surface area contributed by atoms with Gasteiger partial charge in [0.05, 0.1) is 0 Å². The van der Waals surface area contributed by atoms with E-state index in [2.05, 4.69) is 5.32 Å². The topological polar surface area (TPSA) is 88.8 Å². The Hall–Kier alpha value is -2.34. The van der Waals surface area contributed by atoms with Gasteiger partial charge in [-0.1, -0.05) is 0 Å². The van der Waals surface area contributed by atoms with Crippen molar-refractivity contribution < 1.29 is 19.1 Å². The average Bonchev–Trinajstić information content (AvgIpc) is 2.56. The Balaban J connectivity index is 2.27. The van der Waals surface area contributed by atoms with Gasteiger partial charge < -0.3 is 19.6 Å². The molecule has 0 radical (unpaired) electrons. The van der Waals surface area contributed by atoms with E-state index < -0.39 is 6.10 Å². The van der Waals surface area contributed by atoms with E-state index in [0.717, 1.165) is 10.9 Å². The van der Waals surface area contributed by atoms with E-state index in [4.69, 9.17) is 14.3 Å². The number of hydrogen-bond donors (Lipinski definition) is 2. The van der Waals surface area contributed by atoms with Crippen LogP contribution in [0.3, 0.4) is 0 Å². The van der Waals surface area contributed by atoms with Gasteiger partial charge in [-0.15, -0.1) is 0 Å². The van der Waals surface area contributed by atoms with Crippen molar-refractivity contribution in [3.63, 3.8) is 0 Å². The van der Waals surface area contributed by atoms with Crippen LogP contribution in [0.4, 0.5) is 0 Å². The maximum atomic E-state index is 12.0. The normalized spacial score (nSPS) is 12.2. The van der Waals surface area contributed by atoms with Crippen molar-refractivity contribution in [3.05, 3.63) is 39.2 Å². The van der Waals surface area contributed by atoms with Gasteiger partial charge >= 0.3 is 5.63 Å². The minimum Gasteiger partial charge on any atom is -0.480 e. The quantitative estimate of drug-likeness (QED) is 0.623. The standard InChI is InChI=1S/C18H23NO5/c1-10-11(2)18(22)24-16-12(3)15(7-6-14(10)16)23-13(4)17(21)19-8-5-9-20/h6-7,13,20H,5,8-9H2,1-4H3,(H,19,21)/t13-/m0/s1. The van der Waals surface area contributed by atoms with Gasteiger partial charge in [0.2, 0.25) is 0 Å². The minimum absolute atomic E-state index is 0.0249. The van der Waals surface area contributed by atoms with Crippen LogP contribution >= 0.6 is 0 Å². The van der Waals surface area contributed by atoms with E-state index in [1.165, 1.54) is 0 Å². The number of nitrogens with one attached hydrogen (secondary N) is 1. The fourth-order valence-corrected chi connectivity index (χ4v) is 2.43. The first-order valence-electron chi connectivity index (χ1n) is 7.95. The van der Waals surface area contributed by atoms with Crippen molar-refractivity contribution in [2.45, 2.75) is 40.2 Å². The molecule has 0 aliphatic heterocycles. The van der Waals surface area contributed by atoms with E-state index in [0.29, 0.717) is 35.4 Å². The fraction of sp³-hybridized carbons (Fsp3) is 0.444. The summed E-state index contributed by atoms with van der Waals surface area (Å²) < 4.78 is 11.1. The third-order valence-corrected chi connectivity index (χ3v) is 4.13. The Morgan fingerprint density at radius 1 is 1.25 bits per heavy atom. The van der Waals surface area contributed by atoms with Gasteiger partial charge in [0, 0.05) is 29.7 Å². The number of carbonyl (C=O) groups is 1. The Kier molecular flexibility index (Phi) is 5.62. The highest BCUT2D eigenvalue weighted by molar-refractivity contribution is 5.86. The summed E-state index contributed by atoms with van der Waals surface area (Å²) in [6.45, 7) is 7.48.